The molecule has 0 atom stereocenters. The lowest BCUT2D eigenvalue weighted by Gasteiger charge is -2.11. The Morgan fingerprint density at radius 1 is 1.38 bits per heavy atom. The molecule has 0 spiro atoms. The molecule has 0 aromatic heterocycles. The van der Waals surface area contributed by atoms with Gasteiger partial charge in [0, 0.05) is 4.47 Å². The second-order valence-corrected chi connectivity index (χ2v) is 5.91. The van der Waals surface area contributed by atoms with Crippen LogP contribution >= 0.6 is 27.5 Å². The minimum absolute atomic E-state index is 0.316. The predicted molar refractivity (Wildman–Crippen MR) is 98.4 cm³/mol. The number of carbonyl (C=O) groups excluding carboxylic acids is 1. The Balaban J connectivity index is 2.14. The number of hydrogen-bond donors (Lipinski definition) is 1. The number of nitrogens with one attached hydrogen (secondary N) is 1. The van der Waals surface area contributed by atoms with Gasteiger partial charge in [-0.3, -0.25) is 4.79 Å². The predicted octanol–water partition coefficient (Wildman–Crippen LogP) is 4.27. The van der Waals surface area contributed by atoms with Gasteiger partial charge in [0.15, 0.2) is 11.5 Å². The number of nitrogens with zero attached hydrogens (tertiary/aromatic N) is 1. The van der Waals surface area contributed by atoms with Gasteiger partial charge in [-0.15, -0.1) is 0 Å². The van der Waals surface area contributed by atoms with Crippen LogP contribution in [0.1, 0.15) is 22.8 Å². The maximum absolute atomic E-state index is 12.1. The summed E-state index contributed by atoms with van der Waals surface area (Å²) in [5.74, 6) is 0.669. The molecule has 24 heavy (non-hydrogen) atoms. The van der Waals surface area contributed by atoms with Gasteiger partial charge < -0.3 is 9.47 Å². The molecule has 0 heterocycles. The molecule has 0 aliphatic carbocycles. The maximum Gasteiger partial charge on any atom is 0.272 e. The van der Waals surface area contributed by atoms with Gasteiger partial charge in [-0.25, -0.2) is 5.43 Å². The maximum atomic E-state index is 12.1. The van der Waals surface area contributed by atoms with Crippen LogP contribution in [0.15, 0.2) is 46.0 Å². The van der Waals surface area contributed by atoms with Crippen LogP contribution in [0.3, 0.4) is 0 Å². The quantitative estimate of drug-likeness (QED) is 0.570. The molecule has 7 heteroatoms. The Hall–Kier alpha value is -2.05. The molecule has 0 aliphatic rings. The molecular formula is C17H16BrClN2O3. The lowest BCUT2D eigenvalue weighted by Crippen LogP contribution is -2.18. The highest BCUT2D eigenvalue weighted by Crippen LogP contribution is 2.35. The Bertz CT molecular complexity index is 765. The van der Waals surface area contributed by atoms with E-state index in [1.165, 1.54) is 13.3 Å². The van der Waals surface area contributed by atoms with Crippen LogP contribution in [0.2, 0.25) is 5.02 Å². The van der Waals surface area contributed by atoms with E-state index < -0.39 is 0 Å². The molecule has 5 nitrogen and oxygen atoms in total. The lowest BCUT2D eigenvalue weighted by atomic mass is 10.2. The summed E-state index contributed by atoms with van der Waals surface area (Å²) in [7, 11) is 1.52. The van der Waals surface area contributed by atoms with Crippen molar-refractivity contribution in [2.24, 2.45) is 5.10 Å². The number of benzene rings is 2. The molecule has 126 valence electrons. The van der Waals surface area contributed by atoms with Gasteiger partial charge in [-0.05, 0) is 52.7 Å². The van der Waals surface area contributed by atoms with Crippen LogP contribution in [-0.4, -0.2) is 25.8 Å². The van der Waals surface area contributed by atoms with E-state index in [2.05, 4.69) is 26.5 Å². The highest BCUT2D eigenvalue weighted by atomic mass is 79.9. The van der Waals surface area contributed by atoms with Crippen molar-refractivity contribution in [1.82, 2.24) is 5.43 Å². The monoisotopic (exact) mass is 410 g/mol. The van der Waals surface area contributed by atoms with Gasteiger partial charge in [0.1, 0.15) is 0 Å². The summed E-state index contributed by atoms with van der Waals surface area (Å²) in [6, 6.07) is 10.5. The highest BCUT2D eigenvalue weighted by molar-refractivity contribution is 9.10. The topological polar surface area (TPSA) is 59.9 Å². The molecule has 0 fully saturated rings. The third kappa shape index (κ3) is 4.49. The van der Waals surface area contributed by atoms with E-state index >= 15 is 0 Å². The molecule has 2 rings (SSSR count). The van der Waals surface area contributed by atoms with Crippen molar-refractivity contribution in [3.8, 4) is 11.5 Å². The zero-order valence-electron chi connectivity index (χ0n) is 13.2. The van der Waals surface area contributed by atoms with Crippen molar-refractivity contribution in [3.63, 3.8) is 0 Å². The summed E-state index contributed by atoms with van der Waals surface area (Å²) in [6.45, 7) is 2.35. The molecule has 0 saturated carbocycles. The molecule has 0 bridgehead atoms. The summed E-state index contributed by atoms with van der Waals surface area (Å²) >= 11 is 9.49. The first-order valence-corrected chi connectivity index (χ1v) is 8.32. The number of methoxy groups -OCH3 is 1. The fraction of sp³-hybridized carbons (Fsp3) is 0.176. The van der Waals surface area contributed by atoms with Gasteiger partial charge in [-0.2, -0.15) is 5.10 Å². The Morgan fingerprint density at radius 3 is 2.79 bits per heavy atom. The number of ether oxygens (including phenoxy) is 2. The zero-order chi connectivity index (χ0) is 17.5. The zero-order valence-corrected chi connectivity index (χ0v) is 15.5. The van der Waals surface area contributed by atoms with E-state index in [1.54, 1.807) is 30.3 Å². The molecular weight excluding hydrogens is 396 g/mol. The second kappa shape index (κ2) is 8.70. The van der Waals surface area contributed by atoms with Crippen LogP contribution in [0.25, 0.3) is 0 Å². The van der Waals surface area contributed by atoms with E-state index in [0.29, 0.717) is 38.7 Å². The average Bonchev–Trinajstić information content (AvgIpc) is 2.55. The molecule has 0 radical (unpaired) electrons. The highest BCUT2D eigenvalue weighted by Gasteiger charge is 2.11. The summed E-state index contributed by atoms with van der Waals surface area (Å²) in [4.78, 5) is 12.1. The average molecular weight is 412 g/mol. The third-order valence-electron chi connectivity index (χ3n) is 3.03. The number of halogens is 2. The molecule has 1 amide bonds. The fourth-order valence-electron chi connectivity index (χ4n) is 1.99. The first-order chi connectivity index (χ1) is 11.6. The van der Waals surface area contributed by atoms with Crippen molar-refractivity contribution in [3.05, 3.63) is 57.0 Å². The minimum atomic E-state index is -0.316. The molecule has 2 aromatic carbocycles. The molecule has 2 aromatic rings. The SMILES string of the molecule is CCOc1cc(/C=N\NC(=O)c2ccccc2Br)cc(Cl)c1OC. The van der Waals surface area contributed by atoms with Crippen molar-refractivity contribution in [2.75, 3.05) is 13.7 Å². The number of hydrazone groups is 1. The first kappa shape index (κ1) is 18.3. The van der Waals surface area contributed by atoms with E-state index in [1.807, 2.05) is 13.0 Å². The molecule has 1 N–H and O–H groups in total. The van der Waals surface area contributed by atoms with E-state index in [9.17, 15) is 4.79 Å². The van der Waals surface area contributed by atoms with Crippen molar-refractivity contribution >= 4 is 39.7 Å². The van der Waals surface area contributed by atoms with Gasteiger partial charge >= 0.3 is 0 Å². The van der Waals surface area contributed by atoms with Crippen LogP contribution in [0.4, 0.5) is 0 Å². The van der Waals surface area contributed by atoms with Gasteiger partial charge in [0.2, 0.25) is 0 Å². The van der Waals surface area contributed by atoms with E-state index in [-0.39, 0.29) is 5.91 Å². The number of hydrogen-bond acceptors (Lipinski definition) is 4. The minimum Gasteiger partial charge on any atom is -0.491 e. The Morgan fingerprint density at radius 2 is 2.12 bits per heavy atom. The van der Waals surface area contributed by atoms with Gasteiger partial charge in [0.25, 0.3) is 5.91 Å². The second-order valence-electron chi connectivity index (χ2n) is 4.65. The smallest absolute Gasteiger partial charge is 0.272 e. The van der Waals surface area contributed by atoms with E-state index in [4.69, 9.17) is 21.1 Å². The van der Waals surface area contributed by atoms with Gasteiger partial charge in [0.05, 0.1) is 30.5 Å². The van der Waals surface area contributed by atoms with Crippen molar-refractivity contribution in [1.29, 1.82) is 0 Å². The number of carbonyl (C=O) groups is 1. The van der Waals surface area contributed by atoms with Crippen molar-refractivity contribution < 1.29 is 14.3 Å². The lowest BCUT2D eigenvalue weighted by molar-refractivity contribution is 0.0954. The molecule has 0 saturated heterocycles. The van der Waals surface area contributed by atoms with E-state index in [0.717, 1.165) is 0 Å². The normalized spacial score (nSPS) is 10.7. The van der Waals surface area contributed by atoms with Crippen LogP contribution in [0, 0.1) is 0 Å². The third-order valence-corrected chi connectivity index (χ3v) is 4.01. The number of rotatable bonds is 6. The van der Waals surface area contributed by atoms with Crippen LogP contribution in [0.5, 0.6) is 11.5 Å². The summed E-state index contributed by atoms with van der Waals surface area (Å²) in [5.41, 5.74) is 3.65. The van der Waals surface area contributed by atoms with Crippen LogP contribution < -0.4 is 14.9 Å². The van der Waals surface area contributed by atoms with Crippen LogP contribution in [-0.2, 0) is 0 Å². The summed E-state index contributed by atoms with van der Waals surface area (Å²) in [5, 5.41) is 4.36. The van der Waals surface area contributed by atoms with Crippen molar-refractivity contribution in [2.45, 2.75) is 6.92 Å². The molecule has 0 unspecified atom stereocenters. The Labute approximate surface area is 153 Å². The summed E-state index contributed by atoms with van der Waals surface area (Å²) in [6.07, 6.45) is 1.49. The van der Waals surface area contributed by atoms with Gasteiger partial charge in [-0.1, -0.05) is 23.7 Å². The summed E-state index contributed by atoms with van der Waals surface area (Å²) < 4.78 is 11.4. The molecule has 0 aliphatic heterocycles. The largest absolute Gasteiger partial charge is 0.491 e. The fourth-order valence-corrected chi connectivity index (χ4v) is 2.76. The number of amides is 1. The standard InChI is InChI=1S/C17H16BrClN2O3/c1-3-24-15-9-11(8-14(19)16(15)23-2)10-20-21-17(22)12-6-4-5-7-13(12)18/h4-10H,3H2,1-2H3,(H,21,22)/b20-10-. The first-order valence-electron chi connectivity index (χ1n) is 7.15. The Kier molecular flexibility index (Phi) is 6.63.